The number of aliphatic carboxylic acids is 1. The van der Waals surface area contributed by atoms with Gasteiger partial charge in [-0.05, 0) is 42.5 Å². The van der Waals surface area contributed by atoms with Crippen molar-refractivity contribution >= 4 is 28.7 Å². The van der Waals surface area contributed by atoms with E-state index in [1.807, 2.05) is 18.2 Å². The van der Waals surface area contributed by atoms with Crippen molar-refractivity contribution in [2.45, 2.75) is 6.54 Å². The number of carbonyl (C=O) groups is 2. The van der Waals surface area contributed by atoms with Gasteiger partial charge in [-0.3, -0.25) is 9.59 Å². The molecular formula is C17H15N3O4. The van der Waals surface area contributed by atoms with Gasteiger partial charge in [-0.1, -0.05) is 0 Å². The van der Waals surface area contributed by atoms with Gasteiger partial charge in [-0.2, -0.15) is 0 Å². The molecule has 0 fully saturated rings. The quantitative estimate of drug-likeness (QED) is 0.642. The minimum absolute atomic E-state index is 0.398. The van der Waals surface area contributed by atoms with E-state index in [2.05, 4.69) is 15.6 Å². The lowest BCUT2D eigenvalue weighted by molar-refractivity contribution is -0.135. The average molecular weight is 325 g/mol. The van der Waals surface area contributed by atoms with Crippen LogP contribution in [0.25, 0.3) is 11.1 Å². The standard InChI is InChI=1S/C17H15N3O4/c21-15(22)10-20-16(23)11-3-5-13(6-4-11)19-9-14-8-12-2-1-7-18-17(12)24-14/h1-8,19H,9-10H2,(H,20,23)(H,21,22). The summed E-state index contributed by atoms with van der Waals surface area (Å²) in [4.78, 5) is 26.3. The summed E-state index contributed by atoms with van der Waals surface area (Å²) in [6.07, 6.45) is 1.68. The minimum atomic E-state index is -1.08. The number of nitrogens with zero attached hydrogens (tertiary/aromatic N) is 1. The second-order valence-corrected chi connectivity index (χ2v) is 5.12. The summed E-state index contributed by atoms with van der Waals surface area (Å²) in [5, 5.41) is 15.0. The second-order valence-electron chi connectivity index (χ2n) is 5.12. The van der Waals surface area contributed by atoms with Gasteiger partial charge in [0.05, 0.1) is 6.54 Å². The summed E-state index contributed by atoms with van der Waals surface area (Å²) in [5.41, 5.74) is 1.81. The van der Waals surface area contributed by atoms with Crippen LogP contribution in [0.3, 0.4) is 0 Å². The summed E-state index contributed by atoms with van der Waals surface area (Å²) < 4.78 is 5.61. The molecule has 0 aliphatic heterocycles. The van der Waals surface area contributed by atoms with Gasteiger partial charge < -0.3 is 20.2 Å². The largest absolute Gasteiger partial charge is 0.480 e. The van der Waals surface area contributed by atoms with E-state index in [1.54, 1.807) is 30.5 Å². The van der Waals surface area contributed by atoms with Crippen molar-refractivity contribution in [3.8, 4) is 0 Å². The lowest BCUT2D eigenvalue weighted by Crippen LogP contribution is -2.29. The highest BCUT2D eigenvalue weighted by atomic mass is 16.4. The second kappa shape index (κ2) is 6.82. The van der Waals surface area contributed by atoms with Gasteiger partial charge in [-0.25, -0.2) is 4.98 Å². The molecule has 0 saturated carbocycles. The van der Waals surface area contributed by atoms with Crippen molar-refractivity contribution in [2.24, 2.45) is 0 Å². The number of pyridine rings is 1. The van der Waals surface area contributed by atoms with Gasteiger partial charge in [0.15, 0.2) is 0 Å². The smallest absolute Gasteiger partial charge is 0.322 e. The molecule has 1 aromatic carbocycles. The first-order valence-electron chi connectivity index (χ1n) is 7.29. The summed E-state index contributed by atoms with van der Waals surface area (Å²) in [6.45, 7) is 0.0832. The fraction of sp³-hybridized carbons (Fsp3) is 0.118. The van der Waals surface area contributed by atoms with Crippen LogP contribution in [-0.4, -0.2) is 28.5 Å². The lowest BCUT2D eigenvalue weighted by Gasteiger charge is -2.06. The summed E-state index contributed by atoms with van der Waals surface area (Å²) in [5.74, 6) is -0.749. The number of furan rings is 1. The van der Waals surface area contributed by atoms with Crippen molar-refractivity contribution in [2.75, 3.05) is 11.9 Å². The highest BCUT2D eigenvalue weighted by Crippen LogP contribution is 2.18. The molecule has 0 spiro atoms. The summed E-state index contributed by atoms with van der Waals surface area (Å²) >= 11 is 0. The van der Waals surface area contributed by atoms with E-state index in [-0.39, 0.29) is 0 Å². The van der Waals surface area contributed by atoms with Gasteiger partial charge in [0.25, 0.3) is 5.91 Å². The molecule has 3 N–H and O–H groups in total. The maximum atomic E-state index is 11.7. The monoisotopic (exact) mass is 325 g/mol. The third kappa shape index (κ3) is 3.70. The average Bonchev–Trinajstić information content (AvgIpc) is 3.01. The molecule has 122 valence electrons. The Hall–Kier alpha value is -3.35. The van der Waals surface area contributed by atoms with Crippen LogP contribution in [0.1, 0.15) is 16.1 Å². The van der Waals surface area contributed by atoms with E-state index in [4.69, 9.17) is 9.52 Å². The predicted octanol–water partition coefficient (Wildman–Crippen LogP) is 2.25. The Labute approximate surface area is 137 Å². The molecule has 0 bridgehead atoms. The van der Waals surface area contributed by atoms with Crippen LogP contribution >= 0.6 is 0 Å². The molecule has 0 aliphatic rings. The number of anilines is 1. The molecule has 3 rings (SSSR count). The SMILES string of the molecule is O=C(O)CNC(=O)c1ccc(NCc2cc3cccnc3o2)cc1. The summed E-state index contributed by atoms with van der Waals surface area (Å²) in [6, 6.07) is 12.4. The van der Waals surface area contributed by atoms with Crippen molar-refractivity contribution < 1.29 is 19.1 Å². The Kier molecular flexibility index (Phi) is 4.42. The normalized spacial score (nSPS) is 10.5. The van der Waals surface area contributed by atoms with E-state index >= 15 is 0 Å². The first-order chi connectivity index (χ1) is 11.6. The fourth-order valence-electron chi connectivity index (χ4n) is 2.20. The van der Waals surface area contributed by atoms with Crippen LogP contribution in [0.5, 0.6) is 0 Å². The molecule has 7 nitrogen and oxygen atoms in total. The third-order valence-electron chi connectivity index (χ3n) is 3.36. The maximum Gasteiger partial charge on any atom is 0.322 e. The van der Waals surface area contributed by atoms with Crippen LogP contribution < -0.4 is 10.6 Å². The zero-order chi connectivity index (χ0) is 16.9. The van der Waals surface area contributed by atoms with Crippen LogP contribution in [0.15, 0.2) is 53.1 Å². The Bertz CT molecular complexity index is 838. The van der Waals surface area contributed by atoms with Gasteiger partial charge in [0, 0.05) is 22.8 Å². The molecule has 7 heteroatoms. The number of hydrogen-bond acceptors (Lipinski definition) is 5. The molecule has 24 heavy (non-hydrogen) atoms. The Balaban J connectivity index is 1.59. The van der Waals surface area contributed by atoms with E-state index in [9.17, 15) is 9.59 Å². The molecule has 2 heterocycles. The number of hydrogen-bond donors (Lipinski definition) is 3. The number of aromatic nitrogens is 1. The van der Waals surface area contributed by atoms with Crippen molar-refractivity contribution in [1.29, 1.82) is 0 Å². The minimum Gasteiger partial charge on any atom is -0.480 e. The van der Waals surface area contributed by atoms with E-state index < -0.39 is 18.4 Å². The number of amides is 1. The molecule has 2 aromatic heterocycles. The van der Waals surface area contributed by atoms with Crippen LogP contribution in [-0.2, 0) is 11.3 Å². The molecule has 3 aromatic rings. The lowest BCUT2D eigenvalue weighted by atomic mass is 10.2. The van der Waals surface area contributed by atoms with Gasteiger partial charge in [0.2, 0.25) is 5.71 Å². The van der Waals surface area contributed by atoms with Gasteiger partial charge in [0.1, 0.15) is 12.3 Å². The van der Waals surface area contributed by atoms with E-state index in [0.717, 1.165) is 16.8 Å². The number of nitrogens with one attached hydrogen (secondary N) is 2. The first-order valence-corrected chi connectivity index (χ1v) is 7.29. The van der Waals surface area contributed by atoms with Crippen molar-refractivity contribution in [1.82, 2.24) is 10.3 Å². The molecule has 0 unspecified atom stereocenters. The highest BCUT2D eigenvalue weighted by molar-refractivity contribution is 5.96. The van der Waals surface area contributed by atoms with Gasteiger partial charge in [-0.15, -0.1) is 0 Å². The molecule has 1 amide bonds. The number of fused-ring (bicyclic) bond motifs is 1. The van der Waals surface area contributed by atoms with Crippen LogP contribution in [0, 0.1) is 0 Å². The third-order valence-corrected chi connectivity index (χ3v) is 3.36. The molecule has 0 atom stereocenters. The zero-order valence-electron chi connectivity index (χ0n) is 12.7. The van der Waals surface area contributed by atoms with Crippen LogP contribution in [0.4, 0.5) is 5.69 Å². The van der Waals surface area contributed by atoms with Crippen molar-refractivity contribution in [3.63, 3.8) is 0 Å². The van der Waals surface area contributed by atoms with E-state index in [1.165, 1.54) is 0 Å². The molecule has 0 radical (unpaired) electrons. The Morgan fingerprint density at radius 2 is 1.96 bits per heavy atom. The maximum absolute atomic E-state index is 11.7. The number of carboxylic acid groups (broad SMARTS) is 1. The number of benzene rings is 1. The summed E-state index contributed by atoms with van der Waals surface area (Å²) in [7, 11) is 0. The fourth-order valence-corrected chi connectivity index (χ4v) is 2.20. The highest BCUT2D eigenvalue weighted by Gasteiger charge is 2.07. The predicted molar refractivity (Wildman–Crippen MR) is 87.7 cm³/mol. The Morgan fingerprint density at radius 1 is 1.17 bits per heavy atom. The number of carboxylic acids is 1. The topological polar surface area (TPSA) is 104 Å². The molecule has 0 aliphatic carbocycles. The zero-order valence-corrected chi connectivity index (χ0v) is 12.7. The van der Waals surface area contributed by atoms with Gasteiger partial charge >= 0.3 is 5.97 Å². The van der Waals surface area contributed by atoms with Crippen LogP contribution in [0.2, 0.25) is 0 Å². The van der Waals surface area contributed by atoms with E-state index in [0.29, 0.717) is 17.8 Å². The Morgan fingerprint density at radius 3 is 2.67 bits per heavy atom. The number of carbonyl (C=O) groups excluding carboxylic acids is 1. The molecule has 0 saturated heterocycles. The number of rotatable bonds is 6. The van der Waals surface area contributed by atoms with Crippen molar-refractivity contribution in [3.05, 3.63) is 60.0 Å². The first kappa shape index (κ1) is 15.5. The molecular weight excluding hydrogens is 310 g/mol.